The molecule has 0 heterocycles. The van der Waals surface area contributed by atoms with Gasteiger partial charge in [-0.05, 0) is 48.4 Å². The first kappa shape index (κ1) is 14.2. The predicted molar refractivity (Wildman–Crippen MR) is 70.7 cm³/mol. The van der Waals surface area contributed by atoms with Crippen LogP contribution in [-0.2, 0) is 6.42 Å². The molecule has 0 N–H and O–H groups in total. The molecule has 0 amide bonds. The fourth-order valence-electron chi connectivity index (χ4n) is 2.01. The molecule has 0 aliphatic heterocycles. The molecule has 1 aromatic rings. The highest BCUT2D eigenvalue weighted by Gasteiger charge is 2.09. The number of hydrogen-bond acceptors (Lipinski definition) is 0. The van der Waals surface area contributed by atoms with Crippen molar-refractivity contribution in [2.45, 2.75) is 60.8 Å². The number of rotatable bonds is 2. The maximum absolute atomic E-state index is 2.28. The average molecular weight is 206 g/mol. The fraction of sp³-hybridized carbons (Fsp3) is 0.600. The molecular formula is C15H26. The topological polar surface area (TPSA) is 0 Å². The molecule has 86 valence electrons. The van der Waals surface area contributed by atoms with Crippen LogP contribution in [0, 0.1) is 13.8 Å². The minimum Gasteiger partial charge on any atom is -0.0683 e. The molecule has 0 spiro atoms. The van der Waals surface area contributed by atoms with Crippen molar-refractivity contribution in [3.8, 4) is 0 Å². The maximum atomic E-state index is 2.28. The van der Waals surface area contributed by atoms with Crippen LogP contribution in [0.4, 0.5) is 0 Å². The molecule has 0 aliphatic carbocycles. The number of hydrogen-bond donors (Lipinski definition) is 0. The molecule has 0 unspecified atom stereocenters. The van der Waals surface area contributed by atoms with Crippen LogP contribution in [0.2, 0.25) is 0 Å². The Morgan fingerprint density at radius 3 is 2.00 bits per heavy atom. The lowest BCUT2D eigenvalue weighted by atomic mass is 9.89. The van der Waals surface area contributed by atoms with Crippen LogP contribution in [0.1, 0.15) is 62.8 Å². The zero-order chi connectivity index (χ0) is 12.0. The van der Waals surface area contributed by atoms with Crippen molar-refractivity contribution < 1.29 is 0 Å². The van der Waals surface area contributed by atoms with Gasteiger partial charge in [0.1, 0.15) is 0 Å². The molecule has 0 bridgehead atoms. The fourth-order valence-corrected chi connectivity index (χ4v) is 2.01. The van der Waals surface area contributed by atoms with Gasteiger partial charge in [-0.2, -0.15) is 0 Å². The first-order valence-electron chi connectivity index (χ1n) is 6.16. The van der Waals surface area contributed by atoms with E-state index >= 15 is 0 Å². The normalized spacial score (nSPS) is 9.87. The van der Waals surface area contributed by atoms with Gasteiger partial charge in [0.05, 0.1) is 0 Å². The van der Waals surface area contributed by atoms with E-state index in [0.717, 1.165) is 6.42 Å². The van der Waals surface area contributed by atoms with Crippen molar-refractivity contribution in [1.82, 2.24) is 0 Å². The molecule has 0 heteroatoms. The Morgan fingerprint density at radius 2 is 1.60 bits per heavy atom. The van der Waals surface area contributed by atoms with Gasteiger partial charge in [0, 0.05) is 0 Å². The summed E-state index contributed by atoms with van der Waals surface area (Å²) in [5, 5.41) is 0. The van der Waals surface area contributed by atoms with E-state index in [1.165, 1.54) is 16.7 Å². The molecule has 0 atom stereocenters. The Kier molecular flexibility index (Phi) is 6.31. The molecule has 1 rings (SSSR count). The number of benzene rings is 1. The summed E-state index contributed by atoms with van der Waals surface area (Å²) in [7, 11) is 0. The zero-order valence-electron chi connectivity index (χ0n) is 11.4. The molecule has 0 saturated carbocycles. The lowest BCUT2D eigenvalue weighted by molar-refractivity contribution is 0.831. The molecule has 0 nitrogen and oxygen atoms in total. The van der Waals surface area contributed by atoms with Crippen LogP contribution in [0.5, 0.6) is 0 Å². The minimum atomic E-state index is 0.648. The van der Waals surface area contributed by atoms with Crippen molar-refractivity contribution in [3.05, 3.63) is 34.4 Å². The third-order valence-corrected chi connectivity index (χ3v) is 2.83. The summed E-state index contributed by atoms with van der Waals surface area (Å²) < 4.78 is 0. The van der Waals surface area contributed by atoms with Gasteiger partial charge in [0.25, 0.3) is 0 Å². The van der Waals surface area contributed by atoms with Gasteiger partial charge in [-0.1, -0.05) is 46.8 Å². The monoisotopic (exact) mass is 206 g/mol. The van der Waals surface area contributed by atoms with Crippen molar-refractivity contribution in [2.24, 2.45) is 0 Å². The van der Waals surface area contributed by atoms with Gasteiger partial charge in [0.2, 0.25) is 0 Å². The van der Waals surface area contributed by atoms with E-state index < -0.39 is 0 Å². The lowest BCUT2D eigenvalue weighted by Gasteiger charge is -2.16. The summed E-state index contributed by atoms with van der Waals surface area (Å²) in [6.07, 6.45) is 1.15. The molecule has 0 saturated heterocycles. The Balaban J connectivity index is 0.000000921. The van der Waals surface area contributed by atoms with Crippen molar-refractivity contribution >= 4 is 0 Å². The maximum Gasteiger partial charge on any atom is -0.0213 e. The van der Waals surface area contributed by atoms with Gasteiger partial charge < -0.3 is 0 Å². The molecular weight excluding hydrogens is 180 g/mol. The second-order valence-electron chi connectivity index (χ2n) is 4.09. The highest BCUT2D eigenvalue weighted by Crippen LogP contribution is 2.26. The summed E-state index contributed by atoms with van der Waals surface area (Å²) in [5.41, 5.74) is 5.97. The summed E-state index contributed by atoms with van der Waals surface area (Å²) >= 11 is 0. The molecule has 1 aromatic carbocycles. The van der Waals surface area contributed by atoms with E-state index in [1.807, 2.05) is 13.8 Å². The molecule has 0 fully saturated rings. The van der Waals surface area contributed by atoms with E-state index in [-0.39, 0.29) is 0 Å². The SMILES string of the molecule is CC.CCc1ccc(C)c(C)c1C(C)C. The predicted octanol–water partition coefficient (Wildman–Crippen LogP) is 5.02. The van der Waals surface area contributed by atoms with Crippen LogP contribution in [-0.4, -0.2) is 0 Å². The van der Waals surface area contributed by atoms with E-state index in [4.69, 9.17) is 0 Å². The quantitative estimate of drug-likeness (QED) is 0.637. The van der Waals surface area contributed by atoms with Gasteiger partial charge in [-0.15, -0.1) is 0 Å². The Bertz CT molecular complexity index is 295. The average Bonchev–Trinajstić information content (AvgIpc) is 2.24. The van der Waals surface area contributed by atoms with E-state index in [0.29, 0.717) is 5.92 Å². The first-order valence-corrected chi connectivity index (χ1v) is 6.16. The second kappa shape index (κ2) is 6.66. The van der Waals surface area contributed by atoms with Crippen LogP contribution in [0.15, 0.2) is 12.1 Å². The molecule has 0 radical (unpaired) electrons. The van der Waals surface area contributed by atoms with Gasteiger partial charge >= 0.3 is 0 Å². The minimum absolute atomic E-state index is 0.648. The van der Waals surface area contributed by atoms with Crippen LogP contribution >= 0.6 is 0 Å². The smallest absolute Gasteiger partial charge is 0.0213 e. The van der Waals surface area contributed by atoms with Crippen molar-refractivity contribution in [2.75, 3.05) is 0 Å². The zero-order valence-corrected chi connectivity index (χ0v) is 11.4. The Labute approximate surface area is 95.7 Å². The van der Waals surface area contributed by atoms with Gasteiger partial charge in [0.15, 0.2) is 0 Å². The standard InChI is InChI=1S/C13H20.C2H6/c1-6-12-8-7-10(4)11(5)13(12)9(2)3;1-2/h7-9H,6H2,1-5H3;1-2H3. The lowest BCUT2D eigenvalue weighted by Crippen LogP contribution is -2.00. The van der Waals surface area contributed by atoms with E-state index in [2.05, 4.69) is 46.8 Å². The van der Waals surface area contributed by atoms with Crippen molar-refractivity contribution in [1.29, 1.82) is 0 Å². The van der Waals surface area contributed by atoms with Gasteiger partial charge in [-0.25, -0.2) is 0 Å². The largest absolute Gasteiger partial charge is 0.0683 e. The summed E-state index contributed by atoms with van der Waals surface area (Å²) in [6.45, 7) is 15.2. The van der Waals surface area contributed by atoms with Crippen molar-refractivity contribution in [3.63, 3.8) is 0 Å². The molecule has 15 heavy (non-hydrogen) atoms. The highest BCUT2D eigenvalue weighted by molar-refractivity contribution is 5.41. The summed E-state index contributed by atoms with van der Waals surface area (Å²) in [6, 6.07) is 4.51. The highest BCUT2D eigenvalue weighted by atomic mass is 14.1. The van der Waals surface area contributed by atoms with E-state index in [1.54, 1.807) is 5.56 Å². The van der Waals surface area contributed by atoms with Crippen LogP contribution < -0.4 is 0 Å². The van der Waals surface area contributed by atoms with E-state index in [9.17, 15) is 0 Å². The Morgan fingerprint density at radius 1 is 1.07 bits per heavy atom. The third kappa shape index (κ3) is 3.37. The summed E-state index contributed by atoms with van der Waals surface area (Å²) in [5.74, 6) is 0.648. The van der Waals surface area contributed by atoms with Gasteiger partial charge in [-0.3, -0.25) is 0 Å². The number of aryl methyl sites for hydroxylation is 2. The van der Waals surface area contributed by atoms with Crippen LogP contribution in [0.25, 0.3) is 0 Å². The molecule has 0 aromatic heterocycles. The Hall–Kier alpha value is -0.780. The first-order chi connectivity index (χ1) is 7.07. The second-order valence-corrected chi connectivity index (χ2v) is 4.09. The third-order valence-electron chi connectivity index (χ3n) is 2.83. The summed E-state index contributed by atoms with van der Waals surface area (Å²) in [4.78, 5) is 0. The van der Waals surface area contributed by atoms with Crippen LogP contribution in [0.3, 0.4) is 0 Å². The molecule has 0 aliphatic rings.